The summed E-state index contributed by atoms with van der Waals surface area (Å²) in [5, 5.41) is 8.32. The Bertz CT molecular complexity index is 542. The van der Waals surface area contributed by atoms with Crippen LogP contribution in [0.1, 0.15) is 31.4 Å². The number of rotatable bonds is 5. The van der Waals surface area contributed by atoms with Crippen LogP contribution in [0.4, 0.5) is 0 Å². The molecule has 3 rings (SSSR count). The number of amides is 1. The second kappa shape index (κ2) is 6.37. The van der Waals surface area contributed by atoms with E-state index in [1.54, 1.807) is 11.3 Å². The Morgan fingerprint density at radius 1 is 1.50 bits per heavy atom. The van der Waals surface area contributed by atoms with Crippen LogP contribution in [0.25, 0.3) is 4.96 Å². The molecule has 1 amide bonds. The minimum atomic E-state index is 0.139. The van der Waals surface area contributed by atoms with Crippen molar-refractivity contribution in [2.24, 2.45) is 5.92 Å². The van der Waals surface area contributed by atoms with E-state index >= 15 is 0 Å². The zero-order chi connectivity index (χ0) is 13.8. The van der Waals surface area contributed by atoms with Gasteiger partial charge in [-0.05, 0) is 38.3 Å². The van der Waals surface area contributed by atoms with E-state index in [2.05, 4.69) is 15.6 Å². The van der Waals surface area contributed by atoms with Crippen molar-refractivity contribution in [1.82, 2.24) is 20.0 Å². The lowest BCUT2D eigenvalue weighted by atomic mass is 9.93. The number of nitrogens with zero attached hydrogens (tertiary/aromatic N) is 2. The normalized spacial score (nSPS) is 16.6. The molecule has 0 spiro atoms. The van der Waals surface area contributed by atoms with E-state index in [0.29, 0.717) is 18.9 Å². The van der Waals surface area contributed by atoms with Crippen LogP contribution >= 0.6 is 11.3 Å². The van der Waals surface area contributed by atoms with Gasteiger partial charge in [0.25, 0.3) is 0 Å². The fourth-order valence-corrected chi connectivity index (χ4v) is 3.36. The first-order chi connectivity index (χ1) is 9.81. The maximum atomic E-state index is 11.9. The van der Waals surface area contributed by atoms with Gasteiger partial charge in [-0.2, -0.15) is 0 Å². The summed E-state index contributed by atoms with van der Waals surface area (Å²) < 4.78 is 1.99. The number of hydrogen-bond donors (Lipinski definition) is 2. The van der Waals surface area contributed by atoms with Crippen molar-refractivity contribution in [3.05, 3.63) is 23.5 Å². The molecule has 5 nitrogen and oxygen atoms in total. The molecule has 0 unspecified atom stereocenters. The second-order valence-corrected chi connectivity index (χ2v) is 6.21. The molecule has 108 valence electrons. The quantitative estimate of drug-likeness (QED) is 0.883. The molecule has 0 aromatic carbocycles. The van der Waals surface area contributed by atoms with Crippen molar-refractivity contribution in [3.63, 3.8) is 0 Å². The monoisotopic (exact) mass is 292 g/mol. The van der Waals surface area contributed by atoms with Crippen LogP contribution < -0.4 is 10.6 Å². The smallest absolute Gasteiger partial charge is 0.220 e. The van der Waals surface area contributed by atoms with Gasteiger partial charge in [0.2, 0.25) is 5.91 Å². The molecule has 2 N–H and O–H groups in total. The zero-order valence-electron chi connectivity index (χ0n) is 11.5. The first-order valence-corrected chi connectivity index (χ1v) is 8.08. The minimum Gasteiger partial charge on any atom is -0.350 e. The van der Waals surface area contributed by atoms with E-state index in [1.807, 2.05) is 22.2 Å². The van der Waals surface area contributed by atoms with Crippen LogP contribution in [0.2, 0.25) is 0 Å². The third-order valence-electron chi connectivity index (χ3n) is 3.85. The van der Waals surface area contributed by atoms with Crippen molar-refractivity contribution >= 4 is 22.2 Å². The van der Waals surface area contributed by atoms with E-state index in [0.717, 1.165) is 30.2 Å². The SMILES string of the molecule is O=C(CCC1CCNCC1)NCc1cn2ccsc2n1. The second-order valence-electron chi connectivity index (χ2n) is 5.33. The molecule has 2 aromatic rings. The van der Waals surface area contributed by atoms with Crippen molar-refractivity contribution in [3.8, 4) is 0 Å². The summed E-state index contributed by atoms with van der Waals surface area (Å²) in [6.07, 6.45) is 7.99. The molecule has 0 aliphatic carbocycles. The van der Waals surface area contributed by atoms with Crippen LogP contribution in [0, 0.1) is 5.92 Å². The fourth-order valence-electron chi connectivity index (χ4n) is 2.64. The van der Waals surface area contributed by atoms with Gasteiger partial charge < -0.3 is 10.6 Å². The Hall–Kier alpha value is -1.40. The highest BCUT2D eigenvalue weighted by atomic mass is 32.1. The van der Waals surface area contributed by atoms with E-state index in [9.17, 15) is 4.79 Å². The Balaban J connectivity index is 1.41. The van der Waals surface area contributed by atoms with Crippen LogP contribution in [-0.2, 0) is 11.3 Å². The maximum Gasteiger partial charge on any atom is 0.220 e. The fraction of sp³-hybridized carbons (Fsp3) is 0.571. The van der Waals surface area contributed by atoms with Gasteiger partial charge in [-0.25, -0.2) is 4.98 Å². The van der Waals surface area contributed by atoms with Crippen LogP contribution in [-0.4, -0.2) is 28.4 Å². The third kappa shape index (κ3) is 3.37. The topological polar surface area (TPSA) is 58.4 Å². The van der Waals surface area contributed by atoms with Gasteiger partial charge in [0.15, 0.2) is 4.96 Å². The highest BCUT2D eigenvalue weighted by Gasteiger charge is 2.14. The van der Waals surface area contributed by atoms with Gasteiger partial charge in [-0.1, -0.05) is 0 Å². The third-order valence-corrected chi connectivity index (χ3v) is 4.62. The highest BCUT2D eigenvalue weighted by molar-refractivity contribution is 7.15. The highest BCUT2D eigenvalue weighted by Crippen LogP contribution is 2.17. The van der Waals surface area contributed by atoms with E-state index in [-0.39, 0.29) is 5.91 Å². The number of aromatic nitrogens is 2. The lowest BCUT2D eigenvalue weighted by Gasteiger charge is -2.22. The van der Waals surface area contributed by atoms with Crippen molar-refractivity contribution in [1.29, 1.82) is 0 Å². The van der Waals surface area contributed by atoms with Gasteiger partial charge in [-0.3, -0.25) is 9.20 Å². The van der Waals surface area contributed by atoms with Crippen molar-refractivity contribution < 1.29 is 4.79 Å². The average Bonchev–Trinajstić information content (AvgIpc) is 3.05. The first kappa shape index (κ1) is 13.6. The van der Waals surface area contributed by atoms with Crippen LogP contribution in [0.15, 0.2) is 17.8 Å². The molecule has 0 bridgehead atoms. The average molecular weight is 292 g/mol. The molecule has 1 aliphatic rings. The largest absolute Gasteiger partial charge is 0.350 e. The predicted octanol–water partition coefficient (Wildman–Crippen LogP) is 1.79. The summed E-state index contributed by atoms with van der Waals surface area (Å²) in [6.45, 7) is 2.72. The molecule has 0 saturated carbocycles. The number of carbonyl (C=O) groups excluding carboxylic acids is 1. The molecule has 1 aliphatic heterocycles. The number of piperidine rings is 1. The van der Waals surface area contributed by atoms with Gasteiger partial charge in [0.05, 0.1) is 12.2 Å². The summed E-state index contributed by atoms with van der Waals surface area (Å²) in [5.74, 6) is 0.847. The summed E-state index contributed by atoms with van der Waals surface area (Å²) in [6, 6.07) is 0. The lowest BCUT2D eigenvalue weighted by molar-refractivity contribution is -0.121. The Kier molecular flexibility index (Phi) is 4.32. The maximum absolute atomic E-state index is 11.9. The van der Waals surface area contributed by atoms with E-state index in [1.165, 1.54) is 12.8 Å². The predicted molar refractivity (Wildman–Crippen MR) is 79.7 cm³/mol. The van der Waals surface area contributed by atoms with Gasteiger partial charge >= 0.3 is 0 Å². The molecular weight excluding hydrogens is 272 g/mol. The molecule has 0 atom stereocenters. The first-order valence-electron chi connectivity index (χ1n) is 7.20. The molecule has 0 radical (unpaired) electrons. The van der Waals surface area contributed by atoms with E-state index < -0.39 is 0 Å². The van der Waals surface area contributed by atoms with Crippen molar-refractivity contribution in [2.45, 2.75) is 32.2 Å². The molecule has 6 heteroatoms. The summed E-state index contributed by atoms with van der Waals surface area (Å²) in [7, 11) is 0. The number of hydrogen-bond acceptors (Lipinski definition) is 4. The molecular formula is C14H20N4OS. The standard InChI is InChI=1S/C14H20N4OS/c19-13(2-1-11-3-5-15-6-4-11)16-9-12-10-18-7-8-20-14(18)17-12/h7-8,10-11,15H,1-6,9H2,(H,16,19). The number of imidazole rings is 1. The molecule has 2 aromatic heterocycles. The number of nitrogens with one attached hydrogen (secondary N) is 2. The van der Waals surface area contributed by atoms with Gasteiger partial charge in [-0.15, -0.1) is 11.3 Å². The number of thiazole rings is 1. The Morgan fingerprint density at radius 3 is 3.15 bits per heavy atom. The minimum absolute atomic E-state index is 0.139. The molecule has 1 fully saturated rings. The number of carbonyl (C=O) groups is 1. The summed E-state index contributed by atoms with van der Waals surface area (Å²) in [5.41, 5.74) is 0.923. The van der Waals surface area contributed by atoms with Gasteiger partial charge in [0.1, 0.15) is 0 Å². The molecule has 3 heterocycles. The molecule has 20 heavy (non-hydrogen) atoms. The summed E-state index contributed by atoms with van der Waals surface area (Å²) >= 11 is 1.60. The Morgan fingerprint density at radius 2 is 2.35 bits per heavy atom. The molecule has 1 saturated heterocycles. The van der Waals surface area contributed by atoms with Gasteiger partial charge in [0, 0.05) is 24.2 Å². The van der Waals surface area contributed by atoms with E-state index in [4.69, 9.17) is 0 Å². The van der Waals surface area contributed by atoms with Crippen LogP contribution in [0.3, 0.4) is 0 Å². The van der Waals surface area contributed by atoms with Crippen molar-refractivity contribution in [2.75, 3.05) is 13.1 Å². The Labute approximate surface area is 122 Å². The zero-order valence-corrected chi connectivity index (χ0v) is 12.3. The number of fused-ring (bicyclic) bond motifs is 1. The van der Waals surface area contributed by atoms with Crippen LogP contribution in [0.5, 0.6) is 0 Å². The summed E-state index contributed by atoms with van der Waals surface area (Å²) in [4.78, 5) is 17.3. The lowest BCUT2D eigenvalue weighted by Crippen LogP contribution is -2.29.